The molecule has 20 heavy (non-hydrogen) atoms. The average molecular weight is 370 g/mol. The summed E-state index contributed by atoms with van der Waals surface area (Å²) in [6, 6.07) is 1.49. The molecule has 0 aromatic heterocycles. The van der Waals surface area contributed by atoms with Crippen LogP contribution in [0.2, 0.25) is 0 Å². The van der Waals surface area contributed by atoms with Crippen LogP contribution >= 0.6 is 15.9 Å². The van der Waals surface area contributed by atoms with Crippen LogP contribution in [-0.4, -0.2) is 38.0 Å². The van der Waals surface area contributed by atoms with Gasteiger partial charge < -0.3 is 4.74 Å². The first-order valence-corrected chi connectivity index (χ1v) is 8.15. The van der Waals surface area contributed by atoms with Crippen molar-refractivity contribution in [2.75, 3.05) is 19.8 Å². The highest BCUT2D eigenvalue weighted by Crippen LogP contribution is 2.33. The Balaban J connectivity index is 2.56. The highest BCUT2D eigenvalue weighted by atomic mass is 79.9. The van der Waals surface area contributed by atoms with E-state index in [9.17, 15) is 17.2 Å². The van der Waals surface area contributed by atoms with Crippen molar-refractivity contribution in [1.82, 2.24) is 4.31 Å². The minimum absolute atomic E-state index is 0.124. The van der Waals surface area contributed by atoms with Crippen LogP contribution in [0, 0.1) is 11.6 Å². The summed E-state index contributed by atoms with van der Waals surface area (Å²) in [5, 5.41) is 0. The van der Waals surface area contributed by atoms with Gasteiger partial charge in [0.1, 0.15) is 16.5 Å². The van der Waals surface area contributed by atoms with Gasteiger partial charge in [-0.15, -0.1) is 0 Å². The summed E-state index contributed by atoms with van der Waals surface area (Å²) in [5.41, 5.74) is -0.794. The first-order chi connectivity index (χ1) is 9.16. The lowest BCUT2D eigenvalue weighted by Crippen LogP contribution is -2.55. The predicted octanol–water partition coefficient (Wildman–Crippen LogP) is 2.53. The fourth-order valence-electron chi connectivity index (χ4n) is 2.18. The molecule has 4 nitrogen and oxygen atoms in total. The minimum atomic E-state index is -4.08. The Labute approximate surface area is 124 Å². The Morgan fingerprint density at radius 3 is 2.55 bits per heavy atom. The third-order valence-electron chi connectivity index (χ3n) is 3.08. The van der Waals surface area contributed by atoms with Crippen molar-refractivity contribution in [3.63, 3.8) is 0 Å². The molecule has 0 saturated carbocycles. The standard InChI is InChI=1S/C12H14BrF2NO3S/c1-12(2)7-19-4-3-16(12)20(17,18)11-9(13)5-8(14)6-10(11)15/h5-6H,3-4,7H2,1-2H3. The van der Waals surface area contributed by atoms with Crippen molar-refractivity contribution in [1.29, 1.82) is 0 Å². The fourth-order valence-corrected chi connectivity index (χ4v) is 5.05. The first kappa shape index (κ1) is 15.8. The van der Waals surface area contributed by atoms with Crippen molar-refractivity contribution >= 4 is 26.0 Å². The lowest BCUT2D eigenvalue weighted by molar-refractivity contribution is -0.00781. The maximum atomic E-state index is 13.9. The molecule has 0 atom stereocenters. The van der Waals surface area contributed by atoms with Crippen molar-refractivity contribution in [3.05, 3.63) is 28.2 Å². The molecule has 1 aliphatic rings. The molecule has 1 aromatic carbocycles. The quantitative estimate of drug-likeness (QED) is 0.804. The SMILES string of the molecule is CC1(C)COCCN1S(=O)(=O)c1c(F)cc(F)cc1Br. The van der Waals surface area contributed by atoms with Gasteiger partial charge >= 0.3 is 0 Å². The van der Waals surface area contributed by atoms with E-state index in [1.54, 1.807) is 13.8 Å². The molecule has 0 amide bonds. The number of morpholine rings is 1. The molecule has 1 aromatic rings. The average Bonchev–Trinajstić information content (AvgIpc) is 2.25. The number of hydrogen-bond donors (Lipinski definition) is 0. The summed E-state index contributed by atoms with van der Waals surface area (Å²) in [7, 11) is -4.08. The van der Waals surface area contributed by atoms with E-state index in [0.29, 0.717) is 6.07 Å². The molecule has 112 valence electrons. The van der Waals surface area contributed by atoms with Gasteiger partial charge in [-0.1, -0.05) is 0 Å². The molecule has 0 aliphatic carbocycles. The largest absolute Gasteiger partial charge is 0.378 e. The molecule has 0 radical (unpaired) electrons. The number of ether oxygens (including phenoxy) is 1. The van der Waals surface area contributed by atoms with E-state index >= 15 is 0 Å². The Bertz CT molecular complexity index is 611. The Morgan fingerprint density at radius 2 is 2.00 bits per heavy atom. The van der Waals surface area contributed by atoms with Crippen LogP contribution < -0.4 is 0 Å². The Kier molecular flexibility index (Phi) is 4.21. The molecule has 0 unspecified atom stereocenters. The summed E-state index contributed by atoms with van der Waals surface area (Å²) in [6.07, 6.45) is 0. The second kappa shape index (κ2) is 5.32. The maximum absolute atomic E-state index is 13.9. The highest BCUT2D eigenvalue weighted by molar-refractivity contribution is 9.10. The molecule has 0 spiro atoms. The molecule has 1 saturated heterocycles. The molecule has 8 heteroatoms. The van der Waals surface area contributed by atoms with Crippen LogP contribution in [0.5, 0.6) is 0 Å². The van der Waals surface area contributed by atoms with Crippen LogP contribution in [-0.2, 0) is 14.8 Å². The molecule has 0 N–H and O–H groups in total. The summed E-state index contributed by atoms with van der Waals surface area (Å²) in [5.74, 6) is -1.95. The molecule has 1 aliphatic heterocycles. The molecule has 1 heterocycles. The smallest absolute Gasteiger partial charge is 0.247 e. The number of rotatable bonds is 2. The van der Waals surface area contributed by atoms with E-state index in [-0.39, 0.29) is 24.2 Å². The molecular formula is C12H14BrF2NO3S. The van der Waals surface area contributed by atoms with Gasteiger partial charge in [0.25, 0.3) is 0 Å². The number of hydrogen-bond acceptors (Lipinski definition) is 3. The van der Waals surface area contributed by atoms with Crippen molar-refractivity contribution in [2.24, 2.45) is 0 Å². The number of benzene rings is 1. The second-order valence-electron chi connectivity index (χ2n) is 5.14. The zero-order valence-corrected chi connectivity index (χ0v) is 13.4. The van der Waals surface area contributed by atoms with Gasteiger partial charge in [-0.2, -0.15) is 4.31 Å². The third-order valence-corrected chi connectivity index (χ3v) is 6.16. The minimum Gasteiger partial charge on any atom is -0.378 e. The van der Waals surface area contributed by atoms with Gasteiger partial charge in [0.2, 0.25) is 10.0 Å². The normalized spacial score (nSPS) is 20.1. The van der Waals surface area contributed by atoms with Gasteiger partial charge in [0, 0.05) is 17.1 Å². The van der Waals surface area contributed by atoms with Crippen LogP contribution in [0.25, 0.3) is 0 Å². The zero-order valence-electron chi connectivity index (χ0n) is 11.0. The van der Waals surface area contributed by atoms with E-state index < -0.39 is 32.1 Å². The lowest BCUT2D eigenvalue weighted by atomic mass is 10.1. The van der Waals surface area contributed by atoms with Crippen molar-refractivity contribution in [2.45, 2.75) is 24.3 Å². The third kappa shape index (κ3) is 2.74. The van der Waals surface area contributed by atoms with Gasteiger partial charge in [-0.25, -0.2) is 17.2 Å². The van der Waals surface area contributed by atoms with E-state index in [1.165, 1.54) is 4.31 Å². The first-order valence-electron chi connectivity index (χ1n) is 5.91. The highest BCUT2D eigenvalue weighted by Gasteiger charge is 2.41. The topological polar surface area (TPSA) is 46.6 Å². The van der Waals surface area contributed by atoms with Crippen LogP contribution in [0.3, 0.4) is 0 Å². The van der Waals surface area contributed by atoms with E-state index in [1.807, 2.05) is 0 Å². The van der Waals surface area contributed by atoms with E-state index in [4.69, 9.17) is 4.74 Å². The number of sulfonamides is 1. The van der Waals surface area contributed by atoms with Gasteiger partial charge in [-0.3, -0.25) is 0 Å². The molecule has 2 rings (SSSR count). The summed E-state index contributed by atoms with van der Waals surface area (Å²) in [4.78, 5) is -0.547. The Hall–Kier alpha value is -0.570. The molecule has 0 bridgehead atoms. The fraction of sp³-hybridized carbons (Fsp3) is 0.500. The second-order valence-corrected chi connectivity index (χ2v) is 7.79. The van der Waals surface area contributed by atoms with Crippen LogP contribution in [0.4, 0.5) is 8.78 Å². The summed E-state index contributed by atoms with van der Waals surface area (Å²) >= 11 is 2.92. The van der Waals surface area contributed by atoms with Gasteiger partial charge in [0.15, 0.2) is 0 Å². The number of nitrogens with zero attached hydrogens (tertiary/aromatic N) is 1. The monoisotopic (exact) mass is 369 g/mol. The molecule has 1 fully saturated rings. The Morgan fingerprint density at radius 1 is 1.35 bits per heavy atom. The van der Waals surface area contributed by atoms with Crippen LogP contribution in [0.15, 0.2) is 21.5 Å². The van der Waals surface area contributed by atoms with E-state index in [2.05, 4.69) is 15.9 Å². The summed E-state index contributed by atoms with van der Waals surface area (Å²) < 4.78 is 58.6. The van der Waals surface area contributed by atoms with Gasteiger partial charge in [-0.05, 0) is 35.8 Å². The van der Waals surface area contributed by atoms with E-state index in [0.717, 1.165) is 6.07 Å². The van der Waals surface area contributed by atoms with Crippen molar-refractivity contribution in [3.8, 4) is 0 Å². The van der Waals surface area contributed by atoms with Crippen LogP contribution in [0.1, 0.15) is 13.8 Å². The van der Waals surface area contributed by atoms with Gasteiger partial charge in [0.05, 0.1) is 18.8 Å². The number of halogens is 3. The molecular weight excluding hydrogens is 356 g/mol. The predicted molar refractivity (Wildman–Crippen MR) is 72.8 cm³/mol. The van der Waals surface area contributed by atoms with Crippen molar-refractivity contribution < 1.29 is 21.9 Å². The summed E-state index contributed by atoms with van der Waals surface area (Å²) in [6.45, 7) is 3.96. The lowest BCUT2D eigenvalue weighted by Gasteiger charge is -2.40. The maximum Gasteiger partial charge on any atom is 0.247 e. The zero-order chi connectivity index (χ0) is 15.1.